The molecule has 1 unspecified atom stereocenters. The Morgan fingerprint density at radius 3 is 2.58 bits per heavy atom. The van der Waals surface area contributed by atoms with Crippen LogP contribution in [0.25, 0.3) is 10.9 Å². The van der Waals surface area contributed by atoms with Gasteiger partial charge in [0.1, 0.15) is 17.8 Å². The SMILES string of the molecule is NC(=O)C(C[C@@H]1CCCNC1=O)NC(=O)[C@H](CC1CC1)NC(=O)c1cc2cccc(Cl)c2[nH]1. The van der Waals surface area contributed by atoms with Crippen LogP contribution < -0.4 is 21.7 Å². The van der Waals surface area contributed by atoms with Crippen molar-refractivity contribution in [2.45, 2.75) is 50.6 Å². The van der Waals surface area contributed by atoms with Gasteiger partial charge in [0.15, 0.2) is 0 Å². The lowest BCUT2D eigenvalue weighted by Gasteiger charge is -2.27. The number of nitrogens with one attached hydrogen (secondary N) is 4. The Morgan fingerprint density at radius 1 is 1.12 bits per heavy atom. The van der Waals surface area contributed by atoms with E-state index in [-0.39, 0.29) is 23.9 Å². The number of benzene rings is 1. The van der Waals surface area contributed by atoms with Crippen LogP contribution in [0.4, 0.5) is 0 Å². The van der Waals surface area contributed by atoms with Crippen LogP contribution in [0.1, 0.15) is 49.0 Å². The highest BCUT2D eigenvalue weighted by Gasteiger charge is 2.34. The molecule has 1 aliphatic heterocycles. The second-order valence-corrected chi connectivity index (χ2v) is 9.33. The van der Waals surface area contributed by atoms with Gasteiger partial charge in [0.2, 0.25) is 17.7 Å². The first-order chi connectivity index (χ1) is 15.8. The molecule has 176 valence electrons. The molecule has 1 saturated heterocycles. The number of hydrogen-bond acceptors (Lipinski definition) is 4. The Hall–Kier alpha value is -3.07. The first-order valence-electron chi connectivity index (χ1n) is 11.3. The molecule has 2 fully saturated rings. The van der Waals surface area contributed by atoms with Crippen LogP contribution in [0.3, 0.4) is 0 Å². The summed E-state index contributed by atoms with van der Waals surface area (Å²) in [7, 11) is 0. The zero-order valence-corrected chi connectivity index (χ0v) is 18.9. The third-order valence-electron chi connectivity index (χ3n) is 6.32. The second kappa shape index (κ2) is 9.82. The van der Waals surface area contributed by atoms with Gasteiger partial charge in [-0.05, 0) is 43.7 Å². The van der Waals surface area contributed by atoms with E-state index in [0.717, 1.165) is 24.6 Å². The lowest BCUT2D eigenvalue weighted by molar-refractivity contribution is -0.131. The van der Waals surface area contributed by atoms with Crippen molar-refractivity contribution in [1.29, 1.82) is 0 Å². The zero-order chi connectivity index (χ0) is 23.5. The highest BCUT2D eigenvalue weighted by Crippen LogP contribution is 2.34. The number of amides is 4. The Labute approximate surface area is 196 Å². The van der Waals surface area contributed by atoms with Gasteiger partial charge in [0.05, 0.1) is 10.5 Å². The summed E-state index contributed by atoms with van der Waals surface area (Å²) in [6.07, 6.45) is 4.03. The molecule has 2 aliphatic rings. The number of primary amides is 1. The summed E-state index contributed by atoms with van der Waals surface area (Å²) in [5.41, 5.74) is 6.46. The molecule has 0 spiro atoms. The molecule has 33 heavy (non-hydrogen) atoms. The maximum Gasteiger partial charge on any atom is 0.268 e. The largest absolute Gasteiger partial charge is 0.368 e. The summed E-state index contributed by atoms with van der Waals surface area (Å²) in [6.45, 7) is 0.609. The number of para-hydroxylation sites is 1. The molecule has 2 heterocycles. The highest BCUT2D eigenvalue weighted by molar-refractivity contribution is 6.35. The molecule has 6 N–H and O–H groups in total. The number of rotatable bonds is 9. The molecule has 1 aromatic heterocycles. The summed E-state index contributed by atoms with van der Waals surface area (Å²) in [5.74, 6) is -1.81. The molecule has 4 rings (SSSR count). The van der Waals surface area contributed by atoms with Crippen molar-refractivity contribution in [2.24, 2.45) is 17.6 Å². The maximum atomic E-state index is 13.1. The number of halogens is 1. The van der Waals surface area contributed by atoms with Crippen LogP contribution >= 0.6 is 11.6 Å². The Kier molecular flexibility index (Phi) is 6.88. The number of piperidine rings is 1. The van der Waals surface area contributed by atoms with E-state index < -0.39 is 29.8 Å². The maximum absolute atomic E-state index is 13.1. The Balaban J connectivity index is 1.45. The van der Waals surface area contributed by atoms with Crippen molar-refractivity contribution in [3.05, 3.63) is 35.0 Å². The topological polar surface area (TPSA) is 146 Å². The molecule has 1 saturated carbocycles. The van der Waals surface area contributed by atoms with Crippen molar-refractivity contribution in [3.8, 4) is 0 Å². The van der Waals surface area contributed by atoms with Crippen LogP contribution in [0.15, 0.2) is 24.3 Å². The zero-order valence-electron chi connectivity index (χ0n) is 18.2. The number of aromatic amines is 1. The van der Waals surface area contributed by atoms with E-state index in [0.29, 0.717) is 35.8 Å². The fraction of sp³-hybridized carbons (Fsp3) is 0.478. The lowest BCUT2D eigenvalue weighted by Crippen LogP contribution is -2.54. The van der Waals surface area contributed by atoms with Crippen LogP contribution in [-0.4, -0.2) is 47.2 Å². The van der Waals surface area contributed by atoms with Crippen molar-refractivity contribution < 1.29 is 19.2 Å². The first kappa shape index (κ1) is 23.1. The molecular weight excluding hydrogens is 446 g/mol. The van der Waals surface area contributed by atoms with Gasteiger partial charge in [-0.15, -0.1) is 0 Å². The molecule has 9 nitrogen and oxygen atoms in total. The van der Waals surface area contributed by atoms with Gasteiger partial charge in [0, 0.05) is 17.8 Å². The standard InChI is InChI=1S/C23H28ClN5O4/c24-15-5-1-3-13-10-18(27-19(13)15)23(33)29-17(9-12-6-7-12)22(32)28-16(20(25)30)11-14-4-2-8-26-21(14)31/h1,3,5,10,12,14,16-17,27H,2,4,6-9,11H2,(H2,25,30)(H,26,31)(H,28,32)(H,29,33)/t14-,16?,17-/m0/s1. The van der Waals surface area contributed by atoms with E-state index in [4.69, 9.17) is 17.3 Å². The molecule has 4 amide bonds. The summed E-state index contributed by atoms with van der Waals surface area (Å²) >= 11 is 6.19. The molecule has 3 atom stereocenters. The molecule has 2 aromatic rings. The minimum absolute atomic E-state index is 0.136. The first-order valence-corrected chi connectivity index (χ1v) is 11.6. The van der Waals surface area contributed by atoms with Gasteiger partial charge in [-0.3, -0.25) is 19.2 Å². The van der Waals surface area contributed by atoms with Crippen molar-refractivity contribution in [3.63, 3.8) is 0 Å². The van der Waals surface area contributed by atoms with Crippen molar-refractivity contribution in [1.82, 2.24) is 20.9 Å². The number of hydrogen-bond donors (Lipinski definition) is 5. The fourth-order valence-electron chi connectivity index (χ4n) is 4.26. The average Bonchev–Trinajstić information content (AvgIpc) is 3.48. The Bertz CT molecular complexity index is 1080. The van der Waals surface area contributed by atoms with E-state index in [9.17, 15) is 19.2 Å². The van der Waals surface area contributed by atoms with Crippen molar-refractivity contribution >= 4 is 46.1 Å². The van der Waals surface area contributed by atoms with Crippen LogP contribution in [0.5, 0.6) is 0 Å². The van der Waals surface area contributed by atoms with Gasteiger partial charge in [0.25, 0.3) is 5.91 Å². The number of nitrogens with two attached hydrogens (primary N) is 1. The number of aromatic nitrogens is 1. The third kappa shape index (κ3) is 5.65. The fourth-order valence-corrected chi connectivity index (χ4v) is 4.49. The lowest BCUT2D eigenvalue weighted by atomic mass is 9.91. The quantitative estimate of drug-likeness (QED) is 0.376. The molecule has 10 heteroatoms. The van der Waals surface area contributed by atoms with E-state index in [1.807, 2.05) is 6.07 Å². The van der Waals surface area contributed by atoms with Gasteiger partial charge in [-0.2, -0.15) is 0 Å². The third-order valence-corrected chi connectivity index (χ3v) is 6.63. The molecule has 0 bridgehead atoms. The van der Waals surface area contributed by atoms with E-state index in [1.165, 1.54) is 0 Å². The van der Waals surface area contributed by atoms with E-state index in [2.05, 4.69) is 20.9 Å². The monoisotopic (exact) mass is 473 g/mol. The van der Waals surface area contributed by atoms with Gasteiger partial charge >= 0.3 is 0 Å². The van der Waals surface area contributed by atoms with Crippen LogP contribution in [0.2, 0.25) is 5.02 Å². The summed E-state index contributed by atoms with van der Waals surface area (Å²) < 4.78 is 0. The number of H-pyrrole nitrogens is 1. The predicted octanol–water partition coefficient (Wildman–Crippen LogP) is 1.61. The highest BCUT2D eigenvalue weighted by atomic mass is 35.5. The smallest absolute Gasteiger partial charge is 0.268 e. The van der Waals surface area contributed by atoms with Gasteiger partial charge in [-0.1, -0.05) is 36.6 Å². The summed E-state index contributed by atoms with van der Waals surface area (Å²) in [6, 6.07) is 5.21. The molecule has 1 aromatic carbocycles. The molecular formula is C23H28ClN5O4. The van der Waals surface area contributed by atoms with E-state index >= 15 is 0 Å². The summed E-state index contributed by atoms with van der Waals surface area (Å²) in [5, 5.41) is 9.51. The number of carbonyl (C=O) groups is 4. The second-order valence-electron chi connectivity index (χ2n) is 8.92. The van der Waals surface area contributed by atoms with E-state index in [1.54, 1.807) is 18.2 Å². The predicted molar refractivity (Wildman–Crippen MR) is 123 cm³/mol. The Morgan fingerprint density at radius 2 is 1.91 bits per heavy atom. The van der Waals surface area contributed by atoms with Crippen LogP contribution in [-0.2, 0) is 14.4 Å². The van der Waals surface area contributed by atoms with Crippen molar-refractivity contribution in [2.75, 3.05) is 6.54 Å². The molecule has 1 aliphatic carbocycles. The average molecular weight is 474 g/mol. The van der Waals surface area contributed by atoms with Crippen LogP contribution in [0, 0.1) is 11.8 Å². The number of fused-ring (bicyclic) bond motifs is 1. The van der Waals surface area contributed by atoms with Gasteiger partial charge < -0.3 is 26.7 Å². The van der Waals surface area contributed by atoms with Gasteiger partial charge in [-0.25, -0.2) is 0 Å². The molecule has 0 radical (unpaired) electrons. The number of carbonyl (C=O) groups excluding carboxylic acids is 4. The minimum Gasteiger partial charge on any atom is -0.368 e. The normalized spacial score (nSPS) is 20.0. The minimum atomic E-state index is -0.989. The summed E-state index contributed by atoms with van der Waals surface area (Å²) in [4.78, 5) is 53.1.